The SMILES string of the molecule is COc1ccc(/C=C2/N=C(SCc3cn4cccc(C)c4n3)N(c3ccc(Cl)c(OC)c3)C2=O)cc1. The van der Waals surface area contributed by atoms with Crippen LogP contribution in [0.3, 0.4) is 0 Å². The van der Waals surface area contributed by atoms with Crippen LogP contribution < -0.4 is 14.4 Å². The summed E-state index contributed by atoms with van der Waals surface area (Å²) in [4.78, 5) is 24.6. The van der Waals surface area contributed by atoms with Crippen LogP contribution in [-0.2, 0) is 10.5 Å². The largest absolute Gasteiger partial charge is 0.497 e. The Bertz CT molecular complexity index is 1510. The molecule has 2 aromatic carbocycles. The molecule has 0 saturated heterocycles. The monoisotopic (exact) mass is 518 g/mol. The topological polar surface area (TPSA) is 68.4 Å². The Balaban J connectivity index is 1.49. The fourth-order valence-electron chi connectivity index (χ4n) is 3.88. The summed E-state index contributed by atoms with van der Waals surface area (Å²) in [5, 5.41) is 1.02. The second kappa shape index (κ2) is 10.1. The number of hydrogen-bond acceptors (Lipinski definition) is 6. The van der Waals surface area contributed by atoms with Crippen molar-refractivity contribution in [2.24, 2.45) is 4.99 Å². The molecule has 0 spiro atoms. The van der Waals surface area contributed by atoms with Crippen molar-refractivity contribution in [3.05, 3.63) is 94.5 Å². The Kier molecular flexibility index (Phi) is 6.71. The second-order valence-electron chi connectivity index (χ2n) is 8.10. The molecule has 9 heteroatoms. The van der Waals surface area contributed by atoms with Crippen LogP contribution >= 0.6 is 23.4 Å². The van der Waals surface area contributed by atoms with E-state index in [1.165, 1.54) is 11.8 Å². The summed E-state index contributed by atoms with van der Waals surface area (Å²) in [6.07, 6.45) is 5.74. The van der Waals surface area contributed by atoms with Gasteiger partial charge in [-0.1, -0.05) is 41.6 Å². The minimum absolute atomic E-state index is 0.233. The van der Waals surface area contributed by atoms with Crippen LogP contribution in [0.2, 0.25) is 5.02 Å². The fourth-order valence-corrected chi connectivity index (χ4v) is 4.97. The zero-order chi connectivity index (χ0) is 25.2. The number of rotatable bonds is 6. The van der Waals surface area contributed by atoms with E-state index in [1.807, 2.05) is 60.1 Å². The van der Waals surface area contributed by atoms with Crippen LogP contribution in [0.1, 0.15) is 16.8 Å². The number of benzene rings is 2. The first-order chi connectivity index (χ1) is 17.5. The molecular weight excluding hydrogens is 496 g/mol. The Morgan fingerprint density at radius 3 is 2.61 bits per heavy atom. The molecule has 182 valence electrons. The number of methoxy groups -OCH3 is 2. The van der Waals surface area contributed by atoms with Gasteiger partial charge in [-0.05, 0) is 54.5 Å². The molecule has 0 bridgehead atoms. The normalized spacial score (nSPS) is 14.6. The predicted molar refractivity (Wildman–Crippen MR) is 145 cm³/mol. The minimum Gasteiger partial charge on any atom is -0.497 e. The second-order valence-corrected chi connectivity index (χ2v) is 9.45. The Labute approximate surface area is 218 Å². The van der Waals surface area contributed by atoms with E-state index in [0.29, 0.717) is 33.1 Å². The Morgan fingerprint density at radius 1 is 1.08 bits per heavy atom. The molecule has 1 amide bonds. The van der Waals surface area contributed by atoms with Crippen molar-refractivity contribution in [3.63, 3.8) is 0 Å². The number of amidine groups is 1. The zero-order valence-corrected chi connectivity index (χ0v) is 21.5. The number of fused-ring (bicyclic) bond motifs is 1. The predicted octanol–water partition coefficient (Wildman–Crippen LogP) is 5.99. The minimum atomic E-state index is -0.233. The molecule has 0 aliphatic carbocycles. The van der Waals surface area contributed by atoms with Crippen molar-refractivity contribution in [2.45, 2.75) is 12.7 Å². The molecule has 3 heterocycles. The third-order valence-electron chi connectivity index (χ3n) is 5.72. The van der Waals surface area contributed by atoms with E-state index >= 15 is 0 Å². The summed E-state index contributed by atoms with van der Waals surface area (Å²) in [5.74, 6) is 1.54. The number of ether oxygens (including phenoxy) is 2. The number of nitrogens with zero attached hydrogens (tertiary/aromatic N) is 4. The van der Waals surface area contributed by atoms with Crippen LogP contribution in [0, 0.1) is 6.92 Å². The van der Waals surface area contributed by atoms with Crippen molar-refractivity contribution < 1.29 is 14.3 Å². The van der Waals surface area contributed by atoms with E-state index in [9.17, 15) is 4.79 Å². The highest BCUT2D eigenvalue weighted by atomic mass is 35.5. The number of imidazole rings is 1. The lowest BCUT2D eigenvalue weighted by Crippen LogP contribution is -2.30. The molecule has 0 radical (unpaired) electrons. The highest BCUT2D eigenvalue weighted by molar-refractivity contribution is 8.13. The first-order valence-corrected chi connectivity index (χ1v) is 12.5. The van der Waals surface area contributed by atoms with Crippen molar-refractivity contribution in [1.82, 2.24) is 9.38 Å². The number of pyridine rings is 1. The number of hydrogen-bond donors (Lipinski definition) is 0. The average molecular weight is 519 g/mol. The molecule has 36 heavy (non-hydrogen) atoms. The van der Waals surface area contributed by atoms with Crippen LogP contribution in [-0.4, -0.2) is 34.7 Å². The van der Waals surface area contributed by atoms with E-state index in [2.05, 4.69) is 0 Å². The van der Waals surface area contributed by atoms with E-state index in [-0.39, 0.29) is 5.91 Å². The van der Waals surface area contributed by atoms with Crippen LogP contribution in [0.15, 0.2) is 77.7 Å². The molecule has 1 aliphatic heterocycles. The van der Waals surface area contributed by atoms with Crippen molar-refractivity contribution >= 4 is 51.8 Å². The van der Waals surface area contributed by atoms with Gasteiger partial charge in [-0.2, -0.15) is 0 Å². The number of halogens is 1. The standard InChI is InChI=1S/C27H23ClN4O3S/c1-17-5-4-12-31-15-19(29-25(17)31)16-36-27-30-23(13-18-6-9-21(34-2)10-7-18)26(33)32(27)20-8-11-22(28)24(14-20)35-3/h4-15H,16H2,1-3H3/b23-13+. The number of carbonyl (C=O) groups is 1. The van der Waals surface area contributed by atoms with Gasteiger partial charge in [-0.25, -0.2) is 9.98 Å². The summed E-state index contributed by atoms with van der Waals surface area (Å²) < 4.78 is 12.6. The zero-order valence-electron chi connectivity index (χ0n) is 19.9. The van der Waals surface area contributed by atoms with Gasteiger partial charge >= 0.3 is 0 Å². The lowest BCUT2D eigenvalue weighted by atomic mass is 10.2. The third-order valence-corrected chi connectivity index (χ3v) is 7.00. The van der Waals surface area contributed by atoms with Crippen molar-refractivity contribution in [3.8, 4) is 11.5 Å². The molecule has 5 rings (SSSR count). The van der Waals surface area contributed by atoms with Gasteiger partial charge in [0.15, 0.2) is 5.17 Å². The van der Waals surface area contributed by atoms with Gasteiger partial charge in [0.1, 0.15) is 22.8 Å². The summed E-state index contributed by atoms with van der Waals surface area (Å²) in [6.45, 7) is 2.03. The van der Waals surface area contributed by atoms with Crippen LogP contribution in [0.5, 0.6) is 11.5 Å². The average Bonchev–Trinajstić information content (AvgIpc) is 3.45. The number of aliphatic imine (C=N–C) groups is 1. The third kappa shape index (κ3) is 4.69. The lowest BCUT2D eigenvalue weighted by Gasteiger charge is -2.18. The van der Waals surface area contributed by atoms with Gasteiger partial charge in [0, 0.05) is 24.2 Å². The van der Waals surface area contributed by atoms with Gasteiger partial charge in [0.2, 0.25) is 0 Å². The van der Waals surface area contributed by atoms with Gasteiger partial charge in [0.05, 0.1) is 30.6 Å². The quantitative estimate of drug-likeness (QED) is 0.293. The van der Waals surface area contributed by atoms with Gasteiger partial charge in [0.25, 0.3) is 5.91 Å². The van der Waals surface area contributed by atoms with Crippen LogP contribution in [0.4, 0.5) is 5.69 Å². The van der Waals surface area contributed by atoms with Crippen LogP contribution in [0.25, 0.3) is 11.7 Å². The fraction of sp³-hybridized carbons (Fsp3) is 0.148. The number of thioether (sulfide) groups is 1. The van der Waals surface area contributed by atoms with Gasteiger partial charge in [-0.15, -0.1) is 0 Å². The maximum Gasteiger partial charge on any atom is 0.283 e. The maximum absolute atomic E-state index is 13.5. The molecule has 2 aromatic heterocycles. The number of amides is 1. The molecule has 7 nitrogen and oxygen atoms in total. The lowest BCUT2D eigenvalue weighted by molar-refractivity contribution is -0.113. The molecule has 0 unspecified atom stereocenters. The van der Waals surface area contributed by atoms with E-state index in [0.717, 1.165) is 28.2 Å². The number of anilines is 1. The molecular formula is C27H23ClN4O3S. The first kappa shape index (κ1) is 24.0. The highest BCUT2D eigenvalue weighted by Gasteiger charge is 2.32. The van der Waals surface area contributed by atoms with Gasteiger partial charge < -0.3 is 13.9 Å². The number of carbonyl (C=O) groups excluding carboxylic acids is 1. The van der Waals surface area contributed by atoms with Gasteiger partial charge in [-0.3, -0.25) is 9.69 Å². The summed E-state index contributed by atoms with van der Waals surface area (Å²) in [5.41, 5.74) is 4.71. The van der Waals surface area contributed by atoms with E-state index < -0.39 is 0 Å². The van der Waals surface area contributed by atoms with E-state index in [4.69, 9.17) is 31.1 Å². The molecule has 1 aliphatic rings. The molecule has 0 atom stereocenters. The number of aromatic nitrogens is 2. The summed E-state index contributed by atoms with van der Waals surface area (Å²) in [6, 6.07) is 16.7. The summed E-state index contributed by atoms with van der Waals surface area (Å²) in [7, 11) is 3.16. The molecule has 0 fully saturated rings. The first-order valence-electron chi connectivity index (χ1n) is 11.2. The van der Waals surface area contributed by atoms with Crippen molar-refractivity contribution in [2.75, 3.05) is 19.1 Å². The smallest absolute Gasteiger partial charge is 0.283 e. The Hall–Kier alpha value is -3.75. The summed E-state index contributed by atoms with van der Waals surface area (Å²) >= 11 is 7.68. The highest BCUT2D eigenvalue weighted by Crippen LogP contribution is 2.35. The molecule has 0 saturated carbocycles. The molecule has 0 N–H and O–H groups in total. The maximum atomic E-state index is 13.5. The number of aryl methyl sites for hydroxylation is 1. The van der Waals surface area contributed by atoms with E-state index in [1.54, 1.807) is 43.4 Å². The van der Waals surface area contributed by atoms with Crippen molar-refractivity contribution in [1.29, 1.82) is 0 Å². The molecule has 4 aromatic rings. The Morgan fingerprint density at radius 2 is 1.89 bits per heavy atom.